The summed E-state index contributed by atoms with van der Waals surface area (Å²) in [5, 5.41) is 3.22. The highest BCUT2D eigenvalue weighted by Crippen LogP contribution is 2.32. The molecule has 6 heteroatoms. The number of hydrogen-bond donors (Lipinski definition) is 1. The van der Waals surface area contributed by atoms with Crippen LogP contribution in [0.25, 0.3) is 0 Å². The lowest BCUT2D eigenvalue weighted by molar-refractivity contribution is -0.129. The summed E-state index contributed by atoms with van der Waals surface area (Å²) in [4.78, 5) is 27.6. The number of nitrogens with zero attached hydrogens (tertiary/aromatic N) is 1. The van der Waals surface area contributed by atoms with Gasteiger partial charge in [0.2, 0.25) is 5.91 Å². The smallest absolute Gasteiger partial charge is 0.252 e. The van der Waals surface area contributed by atoms with Crippen LogP contribution in [0.2, 0.25) is 0 Å². The van der Waals surface area contributed by atoms with E-state index in [9.17, 15) is 9.59 Å². The Balaban J connectivity index is 1.48. The Kier molecular flexibility index (Phi) is 5.18. The maximum absolute atomic E-state index is 13.0. The molecule has 152 valence electrons. The quantitative estimate of drug-likeness (QED) is 0.866. The summed E-state index contributed by atoms with van der Waals surface area (Å²) in [6.45, 7) is 1.18. The number of rotatable bonds is 4. The van der Waals surface area contributed by atoms with E-state index in [2.05, 4.69) is 5.32 Å². The van der Waals surface area contributed by atoms with Crippen molar-refractivity contribution in [3.05, 3.63) is 59.2 Å². The molecule has 0 aromatic heterocycles. The maximum atomic E-state index is 13.0. The van der Waals surface area contributed by atoms with Crippen molar-refractivity contribution < 1.29 is 19.1 Å². The number of carbonyl (C=O) groups is 2. The van der Waals surface area contributed by atoms with Crippen molar-refractivity contribution in [3.63, 3.8) is 0 Å². The summed E-state index contributed by atoms with van der Waals surface area (Å²) in [7, 11) is 3.20. The minimum atomic E-state index is -0.357. The third-order valence-corrected chi connectivity index (χ3v) is 6.05. The summed E-state index contributed by atoms with van der Waals surface area (Å²) in [5.74, 6) is 1.36. The molecular weight excluding hydrogens is 368 g/mol. The highest BCUT2D eigenvalue weighted by atomic mass is 16.5. The van der Waals surface area contributed by atoms with Crippen LogP contribution < -0.4 is 14.8 Å². The van der Waals surface area contributed by atoms with Gasteiger partial charge in [0, 0.05) is 24.2 Å². The van der Waals surface area contributed by atoms with Crippen molar-refractivity contribution in [3.8, 4) is 11.5 Å². The molecule has 2 amide bonds. The molecule has 1 fully saturated rings. The molecule has 2 heterocycles. The molecule has 6 nitrogen and oxygen atoms in total. The van der Waals surface area contributed by atoms with Crippen LogP contribution >= 0.6 is 0 Å². The molecule has 4 rings (SSSR count). The first-order valence-corrected chi connectivity index (χ1v) is 9.93. The van der Waals surface area contributed by atoms with E-state index in [1.54, 1.807) is 14.2 Å². The molecule has 2 aliphatic rings. The van der Waals surface area contributed by atoms with Crippen LogP contribution in [0, 0.1) is 0 Å². The Hall–Kier alpha value is -3.02. The minimum absolute atomic E-state index is 0.0319. The van der Waals surface area contributed by atoms with Crippen LogP contribution in [0.1, 0.15) is 34.3 Å². The number of fused-ring (bicyclic) bond motifs is 1. The van der Waals surface area contributed by atoms with Gasteiger partial charge in [-0.3, -0.25) is 9.59 Å². The zero-order chi connectivity index (χ0) is 20.4. The first kappa shape index (κ1) is 19.3. The highest BCUT2D eigenvalue weighted by Gasteiger charge is 2.42. The van der Waals surface area contributed by atoms with E-state index < -0.39 is 0 Å². The average Bonchev–Trinajstić information content (AvgIpc) is 3.10. The second-order valence-electron chi connectivity index (χ2n) is 7.81. The zero-order valence-corrected chi connectivity index (χ0v) is 16.9. The van der Waals surface area contributed by atoms with Crippen LogP contribution in [-0.2, 0) is 17.6 Å². The topological polar surface area (TPSA) is 67.9 Å². The second-order valence-corrected chi connectivity index (χ2v) is 7.81. The number of aryl methyl sites for hydroxylation is 1. The van der Waals surface area contributed by atoms with E-state index in [0.717, 1.165) is 36.0 Å². The van der Waals surface area contributed by atoms with E-state index in [-0.39, 0.29) is 23.8 Å². The summed E-state index contributed by atoms with van der Waals surface area (Å²) >= 11 is 0. The molecule has 29 heavy (non-hydrogen) atoms. The largest absolute Gasteiger partial charge is 0.497 e. The molecule has 2 aliphatic heterocycles. The Morgan fingerprint density at radius 1 is 1.14 bits per heavy atom. The standard InChI is InChI=1S/C23H26N2O4/c1-28-18-7-8-20(29-2)17(13-18)14-21(26)25-12-11-23(15-25)10-9-16-5-3-4-6-19(16)22(27)24-23/h3-8,13H,9-12,14-15H2,1-2H3,(H,24,27)/t23-/m1/s1. The molecular formula is C23H26N2O4. The molecule has 2 aromatic rings. The Morgan fingerprint density at radius 3 is 2.76 bits per heavy atom. The number of amides is 2. The van der Waals surface area contributed by atoms with Crippen LogP contribution in [0.15, 0.2) is 42.5 Å². The van der Waals surface area contributed by atoms with Crippen LogP contribution in [0.5, 0.6) is 11.5 Å². The monoisotopic (exact) mass is 394 g/mol. The molecule has 0 saturated carbocycles. The lowest BCUT2D eigenvalue weighted by atomic mass is 9.91. The number of ether oxygens (including phenoxy) is 2. The summed E-state index contributed by atoms with van der Waals surface area (Å²) in [5.41, 5.74) is 2.27. The van der Waals surface area contributed by atoms with Gasteiger partial charge in [0.25, 0.3) is 5.91 Å². The summed E-state index contributed by atoms with van der Waals surface area (Å²) in [6, 6.07) is 13.2. The third-order valence-electron chi connectivity index (χ3n) is 6.05. The van der Waals surface area contributed by atoms with Crippen molar-refractivity contribution >= 4 is 11.8 Å². The molecule has 1 saturated heterocycles. The van der Waals surface area contributed by atoms with Crippen molar-refractivity contribution in [2.45, 2.75) is 31.2 Å². The predicted octanol–water partition coefficient (Wildman–Crippen LogP) is 2.59. The Labute approximate surface area is 170 Å². The van der Waals surface area contributed by atoms with Gasteiger partial charge in [0.1, 0.15) is 11.5 Å². The van der Waals surface area contributed by atoms with Crippen LogP contribution in [0.4, 0.5) is 0 Å². The van der Waals surface area contributed by atoms with Gasteiger partial charge in [-0.2, -0.15) is 0 Å². The lowest BCUT2D eigenvalue weighted by Gasteiger charge is -2.29. The van der Waals surface area contributed by atoms with E-state index in [4.69, 9.17) is 9.47 Å². The Bertz CT molecular complexity index is 942. The van der Waals surface area contributed by atoms with Crippen molar-refractivity contribution in [2.24, 2.45) is 0 Å². The number of likely N-dealkylation sites (tertiary alicyclic amines) is 1. The second kappa shape index (κ2) is 7.78. The van der Waals surface area contributed by atoms with Gasteiger partial charge in [-0.05, 0) is 49.1 Å². The highest BCUT2D eigenvalue weighted by molar-refractivity contribution is 5.96. The molecule has 0 bridgehead atoms. The van der Waals surface area contributed by atoms with Gasteiger partial charge >= 0.3 is 0 Å². The van der Waals surface area contributed by atoms with E-state index >= 15 is 0 Å². The van der Waals surface area contributed by atoms with E-state index in [1.807, 2.05) is 47.4 Å². The number of nitrogens with one attached hydrogen (secondary N) is 1. The van der Waals surface area contributed by atoms with Crippen molar-refractivity contribution in [1.82, 2.24) is 10.2 Å². The summed E-state index contributed by atoms with van der Waals surface area (Å²) < 4.78 is 10.7. The molecule has 2 aromatic carbocycles. The first-order chi connectivity index (χ1) is 14.0. The minimum Gasteiger partial charge on any atom is -0.497 e. The fourth-order valence-corrected chi connectivity index (χ4v) is 4.39. The molecule has 1 atom stereocenters. The molecule has 1 N–H and O–H groups in total. The third kappa shape index (κ3) is 3.79. The SMILES string of the molecule is COc1ccc(OC)c(CC(=O)N2CC[C@]3(CCc4ccccc4C(=O)N3)C2)c1. The maximum Gasteiger partial charge on any atom is 0.252 e. The fourth-order valence-electron chi connectivity index (χ4n) is 4.39. The van der Waals surface area contributed by atoms with Crippen LogP contribution in [-0.4, -0.2) is 49.6 Å². The average molecular weight is 394 g/mol. The lowest BCUT2D eigenvalue weighted by Crippen LogP contribution is -2.50. The molecule has 0 unspecified atom stereocenters. The number of benzene rings is 2. The summed E-state index contributed by atoms with van der Waals surface area (Å²) in [6.07, 6.45) is 2.68. The Morgan fingerprint density at radius 2 is 1.97 bits per heavy atom. The normalized spacial score (nSPS) is 20.8. The zero-order valence-electron chi connectivity index (χ0n) is 16.9. The fraction of sp³-hybridized carbons (Fsp3) is 0.391. The molecule has 1 spiro atoms. The van der Waals surface area contributed by atoms with Crippen LogP contribution in [0.3, 0.4) is 0 Å². The molecule has 0 aliphatic carbocycles. The van der Waals surface area contributed by atoms with Gasteiger partial charge < -0.3 is 19.7 Å². The van der Waals surface area contributed by atoms with Crippen molar-refractivity contribution in [1.29, 1.82) is 0 Å². The number of hydrogen-bond acceptors (Lipinski definition) is 4. The predicted molar refractivity (Wildman–Crippen MR) is 109 cm³/mol. The van der Waals surface area contributed by atoms with E-state index in [0.29, 0.717) is 24.6 Å². The van der Waals surface area contributed by atoms with Gasteiger partial charge in [0.05, 0.1) is 26.2 Å². The van der Waals surface area contributed by atoms with Gasteiger partial charge in [-0.25, -0.2) is 0 Å². The molecule has 0 radical (unpaired) electrons. The van der Waals surface area contributed by atoms with Gasteiger partial charge in [-0.15, -0.1) is 0 Å². The van der Waals surface area contributed by atoms with Gasteiger partial charge in [-0.1, -0.05) is 18.2 Å². The van der Waals surface area contributed by atoms with Gasteiger partial charge in [0.15, 0.2) is 0 Å². The number of carbonyl (C=O) groups excluding carboxylic acids is 2. The van der Waals surface area contributed by atoms with Crippen molar-refractivity contribution in [2.75, 3.05) is 27.3 Å². The van der Waals surface area contributed by atoms with E-state index in [1.165, 1.54) is 0 Å². The number of methoxy groups -OCH3 is 2. The first-order valence-electron chi connectivity index (χ1n) is 9.93.